The van der Waals surface area contributed by atoms with Crippen LogP contribution in [0.25, 0.3) is 0 Å². The normalized spacial score (nSPS) is 12.2. The molecule has 1 aromatic rings. The molecule has 0 aliphatic rings. The molecular weight excluding hydrogens is 272 g/mol. The van der Waals surface area contributed by atoms with Gasteiger partial charge in [-0.25, -0.2) is 0 Å². The number of methoxy groups -OCH3 is 1. The fourth-order valence-corrected chi connectivity index (χ4v) is 1.97. The van der Waals surface area contributed by atoms with Gasteiger partial charge in [-0.3, -0.25) is 4.79 Å². The third-order valence-electron chi connectivity index (χ3n) is 2.51. The summed E-state index contributed by atoms with van der Waals surface area (Å²) in [4.78, 5) is 10.6. The summed E-state index contributed by atoms with van der Waals surface area (Å²) in [6.07, 6.45) is 0.129. The number of benzene rings is 1. The molecular formula is C12H15BrO3. The van der Waals surface area contributed by atoms with Gasteiger partial charge in [-0.1, -0.05) is 13.0 Å². The number of hydrogen-bond donors (Lipinski definition) is 1. The smallest absolute Gasteiger partial charge is 0.303 e. The van der Waals surface area contributed by atoms with Crippen LogP contribution in [0.3, 0.4) is 0 Å². The van der Waals surface area contributed by atoms with E-state index in [-0.39, 0.29) is 12.3 Å². The van der Waals surface area contributed by atoms with Crippen LogP contribution in [-0.2, 0) is 4.79 Å². The highest BCUT2D eigenvalue weighted by Gasteiger charge is 2.13. The van der Waals surface area contributed by atoms with E-state index in [0.29, 0.717) is 0 Å². The van der Waals surface area contributed by atoms with Crippen molar-refractivity contribution in [3.8, 4) is 5.75 Å². The molecule has 0 fully saturated rings. The quantitative estimate of drug-likeness (QED) is 0.923. The van der Waals surface area contributed by atoms with Crippen LogP contribution in [-0.4, -0.2) is 18.2 Å². The first-order valence-corrected chi connectivity index (χ1v) is 5.80. The van der Waals surface area contributed by atoms with E-state index in [9.17, 15) is 4.79 Å². The van der Waals surface area contributed by atoms with Gasteiger partial charge in [0.1, 0.15) is 5.75 Å². The molecule has 88 valence electrons. The maximum absolute atomic E-state index is 10.6. The average Bonchev–Trinajstić information content (AvgIpc) is 2.20. The molecule has 1 unspecified atom stereocenters. The van der Waals surface area contributed by atoms with Crippen LogP contribution in [0.15, 0.2) is 16.6 Å². The molecule has 4 heteroatoms. The molecule has 0 saturated heterocycles. The lowest BCUT2D eigenvalue weighted by molar-refractivity contribution is -0.137. The molecule has 1 atom stereocenters. The van der Waals surface area contributed by atoms with Crippen molar-refractivity contribution in [2.45, 2.75) is 26.2 Å². The maximum atomic E-state index is 10.6. The van der Waals surface area contributed by atoms with E-state index in [0.717, 1.165) is 21.3 Å². The summed E-state index contributed by atoms with van der Waals surface area (Å²) >= 11 is 3.43. The van der Waals surface area contributed by atoms with Crippen LogP contribution in [0.5, 0.6) is 5.75 Å². The first kappa shape index (κ1) is 13.0. The number of ether oxygens (including phenoxy) is 1. The van der Waals surface area contributed by atoms with Crippen LogP contribution < -0.4 is 4.74 Å². The molecule has 0 amide bonds. The molecule has 0 spiro atoms. The SMILES string of the molecule is COc1cc(C(C)CC(=O)O)cc(C)c1Br. The zero-order valence-electron chi connectivity index (χ0n) is 9.58. The lowest BCUT2D eigenvalue weighted by atomic mass is 9.96. The van der Waals surface area contributed by atoms with Crippen molar-refractivity contribution in [2.24, 2.45) is 0 Å². The first-order chi connectivity index (χ1) is 7.45. The number of carboxylic acids is 1. The highest BCUT2D eigenvalue weighted by Crippen LogP contribution is 2.33. The van der Waals surface area contributed by atoms with Gasteiger partial charge in [0.25, 0.3) is 0 Å². The van der Waals surface area contributed by atoms with Gasteiger partial charge in [0.15, 0.2) is 0 Å². The Kier molecular flexibility index (Phi) is 4.35. The molecule has 0 aromatic heterocycles. The number of rotatable bonds is 4. The van der Waals surface area contributed by atoms with Gasteiger partial charge in [-0.2, -0.15) is 0 Å². The summed E-state index contributed by atoms with van der Waals surface area (Å²) < 4.78 is 6.15. The third-order valence-corrected chi connectivity index (χ3v) is 3.53. The predicted molar refractivity (Wildman–Crippen MR) is 66.1 cm³/mol. The Morgan fingerprint density at radius 2 is 2.19 bits per heavy atom. The van der Waals surface area contributed by atoms with Crippen molar-refractivity contribution in [2.75, 3.05) is 7.11 Å². The zero-order valence-corrected chi connectivity index (χ0v) is 11.2. The van der Waals surface area contributed by atoms with Gasteiger partial charge in [0.05, 0.1) is 18.0 Å². The Hall–Kier alpha value is -1.03. The van der Waals surface area contributed by atoms with Crippen molar-refractivity contribution in [1.82, 2.24) is 0 Å². The Balaban J connectivity index is 3.05. The van der Waals surface area contributed by atoms with E-state index in [2.05, 4.69) is 15.9 Å². The van der Waals surface area contributed by atoms with Gasteiger partial charge in [-0.15, -0.1) is 0 Å². The Morgan fingerprint density at radius 1 is 1.56 bits per heavy atom. The highest BCUT2D eigenvalue weighted by molar-refractivity contribution is 9.10. The van der Waals surface area contributed by atoms with E-state index in [1.807, 2.05) is 26.0 Å². The standard InChI is InChI=1S/C12H15BrO3/c1-7(5-11(14)15)9-4-8(2)12(13)10(6-9)16-3/h4,6-7H,5H2,1-3H3,(H,14,15). The van der Waals surface area contributed by atoms with E-state index >= 15 is 0 Å². The Bertz CT molecular complexity index is 401. The number of hydrogen-bond acceptors (Lipinski definition) is 2. The Morgan fingerprint density at radius 3 is 2.69 bits per heavy atom. The molecule has 0 heterocycles. The summed E-state index contributed by atoms with van der Waals surface area (Å²) in [7, 11) is 1.60. The van der Waals surface area contributed by atoms with Gasteiger partial charge in [0, 0.05) is 0 Å². The summed E-state index contributed by atoms with van der Waals surface area (Å²) in [5, 5.41) is 8.76. The minimum Gasteiger partial charge on any atom is -0.496 e. The maximum Gasteiger partial charge on any atom is 0.303 e. The van der Waals surface area contributed by atoms with E-state index in [1.54, 1.807) is 7.11 Å². The van der Waals surface area contributed by atoms with Crippen LogP contribution in [0.2, 0.25) is 0 Å². The topological polar surface area (TPSA) is 46.5 Å². The fourth-order valence-electron chi connectivity index (χ4n) is 1.58. The average molecular weight is 287 g/mol. The summed E-state index contributed by atoms with van der Waals surface area (Å²) in [5.41, 5.74) is 2.03. The fraction of sp³-hybridized carbons (Fsp3) is 0.417. The molecule has 3 nitrogen and oxygen atoms in total. The van der Waals surface area contributed by atoms with Gasteiger partial charge >= 0.3 is 5.97 Å². The number of carbonyl (C=O) groups is 1. The molecule has 0 aliphatic carbocycles. The molecule has 1 aromatic carbocycles. The van der Waals surface area contributed by atoms with Crippen LogP contribution in [0, 0.1) is 6.92 Å². The van der Waals surface area contributed by atoms with E-state index in [1.165, 1.54) is 0 Å². The Labute approximate surface area is 104 Å². The molecule has 1 N–H and O–H groups in total. The van der Waals surface area contributed by atoms with Crippen molar-refractivity contribution < 1.29 is 14.6 Å². The monoisotopic (exact) mass is 286 g/mol. The van der Waals surface area contributed by atoms with Crippen LogP contribution >= 0.6 is 15.9 Å². The van der Waals surface area contributed by atoms with Crippen molar-refractivity contribution in [3.05, 3.63) is 27.7 Å². The van der Waals surface area contributed by atoms with E-state index in [4.69, 9.17) is 9.84 Å². The first-order valence-electron chi connectivity index (χ1n) is 5.01. The number of aryl methyl sites for hydroxylation is 1. The minimum absolute atomic E-state index is 0.0156. The number of aliphatic carboxylic acids is 1. The predicted octanol–water partition coefficient (Wildman–Crippen LogP) is 3.34. The van der Waals surface area contributed by atoms with Gasteiger partial charge < -0.3 is 9.84 Å². The molecule has 0 radical (unpaired) electrons. The summed E-state index contributed by atoms with van der Waals surface area (Å²) in [6.45, 7) is 3.86. The van der Waals surface area contributed by atoms with Crippen molar-refractivity contribution >= 4 is 21.9 Å². The van der Waals surface area contributed by atoms with Crippen molar-refractivity contribution in [1.29, 1.82) is 0 Å². The van der Waals surface area contributed by atoms with Crippen molar-refractivity contribution in [3.63, 3.8) is 0 Å². The summed E-state index contributed by atoms with van der Waals surface area (Å²) in [5.74, 6) is -0.0579. The molecule has 0 saturated carbocycles. The van der Waals surface area contributed by atoms with Gasteiger partial charge in [0.2, 0.25) is 0 Å². The molecule has 1 rings (SSSR count). The lowest BCUT2D eigenvalue weighted by Gasteiger charge is -2.14. The van der Waals surface area contributed by atoms with Crippen LogP contribution in [0.4, 0.5) is 0 Å². The lowest BCUT2D eigenvalue weighted by Crippen LogP contribution is -2.03. The highest BCUT2D eigenvalue weighted by atomic mass is 79.9. The third kappa shape index (κ3) is 2.98. The summed E-state index contributed by atoms with van der Waals surface area (Å²) in [6, 6.07) is 3.87. The molecule has 16 heavy (non-hydrogen) atoms. The van der Waals surface area contributed by atoms with Gasteiger partial charge in [-0.05, 0) is 46.0 Å². The second-order valence-corrected chi connectivity index (χ2v) is 4.65. The number of carboxylic acid groups (broad SMARTS) is 1. The number of halogens is 1. The second-order valence-electron chi connectivity index (χ2n) is 3.85. The second kappa shape index (κ2) is 5.34. The molecule has 0 bridgehead atoms. The minimum atomic E-state index is -0.785. The largest absolute Gasteiger partial charge is 0.496 e. The van der Waals surface area contributed by atoms with E-state index < -0.39 is 5.97 Å². The van der Waals surface area contributed by atoms with Crippen LogP contribution in [0.1, 0.15) is 30.4 Å². The molecule has 0 aliphatic heterocycles. The zero-order chi connectivity index (χ0) is 12.3.